The summed E-state index contributed by atoms with van der Waals surface area (Å²) in [6, 6.07) is 9.78. The van der Waals surface area contributed by atoms with Crippen molar-refractivity contribution in [2.45, 2.75) is 6.92 Å². The monoisotopic (exact) mass is 430 g/mol. The van der Waals surface area contributed by atoms with Crippen molar-refractivity contribution in [3.8, 4) is 5.75 Å². The highest BCUT2D eigenvalue weighted by molar-refractivity contribution is 9.10. The Hall–Kier alpha value is -1.76. The van der Waals surface area contributed by atoms with Crippen LogP contribution in [0.1, 0.15) is 15.9 Å². The zero-order chi connectivity index (χ0) is 17.7. The molecule has 2 aromatic carbocycles. The summed E-state index contributed by atoms with van der Waals surface area (Å²) < 4.78 is 6.07. The van der Waals surface area contributed by atoms with Crippen LogP contribution in [0.2, 0.25) is 10.0 Å². The molecule has 0 aliphatic carbocycles. The molecule has 2 N–H and O–H groups in total. The quantitative estimate of drug-likeness (QED) is 0.721. The fourth-order valence-electron chi connectivity index (χ4n) is 1.70. The fraction of sp³-hybridized carbons (Fsp3) is 0.125. The molecule has 0 unspecified atom stereocenters. The van der Waals surface area contributed by atoms with Gasteiger partial charge < -0.3 is 4.74 Å². The number of amides is 2. The minimum Gasteiger partial charge on any atom is -0.482 e. The number of carbonyl (C=O) groups excluding carboxylic acids is 2. The molecule has 0 fully saturated rings. The van der Waals surface area contributed by atoms with Gasteiger partial charge >= 0.3 is 0 Å². The third-order valence-electron chi connectivity index (χ3n) is 3.00. The predicted octanol–water partition coefficient (Wildman–Crippen LogP) is 3.90. The van der Waals surface area contributed by atoms with Crippen LogP contribution in [0.4, 0.5) is 0 Å². The first kappa shape index (κ1) is 18.6. The second kappa shape index (κ2) is 8.37. The van der Waals surface area contributed by atoms with Crippen molar-refractivity contribution >= 4 is 50.9 Å². The number of benzene rings is 2. The van der Waals surface area contributed by atoms with Gasteiger partial charge in [-0.3, -0.25) is 20.4 Å². The van der Waals surface area contributed by atoms with Crippen molar-refractivity contribution in [2.75, 3.05) is 6.61 Å². The molecule has 0 aromatic heterocycles. The Balaban J connectivity index is 1.84. The summed E-state index contributed by atoms with van der Waals surface area (Å²) in [7, 11) is 0. The summed E-state index contributed by atoms with van der Waals surface area (Å²) in [6.07, 6.45) is 0. The average molecular weight is 432 g/mol. The highest BCUT2D eigenvalue weighted by Crippen LogP contribution is 2.27. The lowest BCUT2D eigenvalue weighted by Crippen LogP contribution is -2.43. The maximum absolute atomic E-state index is 12.0. The van der Waals surface area contributed by atoms with E-state index in [2.05, 4.69) is 26.8 Å². The normalized spacial score (nSPS) is 10.2. The van der Waals surface area contributed by atoms with Gasteiger partial charge in [0.1, 0.15) is 5.75 Å². The molecular weight excluding hydrogens is 419 g/mol. The van der Waals surface area contributed by atoms with Gasteiger partial charge in [-0.05, 0) is 42.8 Å². The van der Waals surface area contributed by atoms with Crippen molar-refractivity contribution in [2.24, 2.45) is 0 Å². The van der Waals surface area contributed by atoms with E-state index in [0.717, 1.165) is 10.0 Å². The Bertz CT molecular complexity index is 784. The maximum Gasteiger partial charge on any atom is 0.276 e. The number of hydrogen-bond acceptors (Lipinski definition) is 3. The Morgan fingerprint density at radius 1 is 1.12 bits per heavy atom. The van der Waals surface area contributed by atoms with Crippen LogP contribution in [0.25, 0.3) is 0 Å². The van der Waals surface area contributed by atoms with Crippen LogP contribution >= 0.6 is 39.1 Å². The molecule has 0 saturated carbocycles. The molecule has 0 bridgehead atoms. The van der Waals surface area contributed by atoms with Crippen LogP contribution in [0.15, 0.2) is 40.9 Å². The van der Waals surface area contributed by atoms with E-state index < -0.39 is 11.8 Å². The number of ether oxygens (including phenoxy) is 1. The summed E-state index contributed by atoms with van der Waals surface area (Å²) in [6.45, 7) is 1.60. The molecule has 0 radical (unpaired) electrons. The van der Waals surface area contributed by atoms with Crippen LogP contribution in [-0.2, 0) is 4.79 Å². The number of rotatable bonds is 4. The average Bonchev–Trinajstić information content (AvgIpc) is 2.54. The molecule has 126 valence electrons. The molecule has 2 aromatic rings. The number of aryl methyl sites for hydroxylation is 1. The summed E-state index contributed by atoms with van der Waals surface area (Å²) in [5.74, 6) is -0.640. The van der Waals surface area contributed by atoms with Gasteiger partial charge in [-0.2, -0.15) is 0 Å². The van der Waals surface area contributed by atoms with E-state index in [4.69, 9.17) is 27.9 Å². The smallest absolute Gasteiger partial charge is 0.276 e. The topological polar surface area (TPSA) is 67.4 Å². The fourth-order valence-corrected chi connectivity index (χ4v) is 2.55. The molecule has 0 atom stereocenters. The largest absolute Gasteiger partial charge is 0.482 e. The lowest BCUT2D eigenvalue weighted by atomic mass is 10.1. The maximum atomic E-state index is 12.0. The van der Waals surface area contributed by atoms with Crippen LogP contribution in [0.3, 0.4) is 0 Å². The van der Waals surface area contributed by atoms with Gasteiger partial charge in [-0.25, -0.2) is 0 Å². The number of halogens is 3. The lowest BCUT2D eigenvalue weighted by molar-refractivity contribution is -0.123. The van der Waals surface area contributed by atoms with Gasteiger partial charge in [0.2, 0.25) is 0 Å². The molecular formula is C16H13BrCl2N2O3. The van der Waals surface area contributed by atoms with Crippen molar-refractivity contribution in [3.63, 3.8) is 0 Å². The van der Waals surface area contributed by atoms with Gasteiger partial charge in [0.15, 0.2) is 6.61 Å². The van der Waals surface area contributed by atoms with Crippen LogP contribution < -0.4 is 15.6 Å². The van der Waals surface area contributed by atoms with Crippen molar-refractivity contribution in [3.05, 3.63) is 62.0 Å². The van der Waals surface area contributed by atoms with Crippen LogP contribution in [-0.4, -0.2) is 18.4 Å². The molecule has 5 nitrogen and oxygen atoms in total. The van der Waals surface area contributed by atoms with E-state index in [1.807, 2.05) is 6.92 Å². The van der Waals surface area contributed by atoms with E-state index in [9.17, 15) is 9.59 Å². The molecule has 0 saturated heterocycles. The van der Waals surface area contributed by atoms with Gasteiger partial charge in [0.25, 0.3) is 11.8 Å². The lowest BCUT2D eigenvalue weighted by Gasteiger charge is -2.10. The van der Waals surface area contributed by atoms with E-state index in [1.165, 1.54) is 6.07 Å². The molecule has 8 heteroatoms. The van der Waals surface area contributed by atoms with Gasteiger partial charge in [-0.15, -0.1) is 0 Å². The number of carbonyl (C=O) groups is 2. The Kier molecular flexibility index (Phi) is 6.48. The first-order chi connectivity index (χ1) is 11.4. The van der Waals surface area contributed by atoms with E-state index >= 15 is 0 Å². The first-order valence-electron chi connectivity index (χ1n) is 6.80. The summed E-state index contributed by atoms with van der Waals surface area (Å²) in [4.78, 5) is 23.7. The summed E-state index contributed by atoms with van der Waals surface area (Å²) in [5, 5.41) is 0.761. The van der Waals surface area contributed by atoms with Crippen LogP contribution in [0, 0.1) is 6.92 Å². The second-order valence-electron chi connectivity index (χ2n) is 4.83. The first-order valence-corrected chi connectivity index (χ1v) is 8.35. The highest BCUT2D eigenvalue weighted by Gasteiger charge is 2.10. The zero-order valence-corrected chi connectivity index (χ0v) is 15.6. The van der Waals surface area contributed by atoms with E-state index in [1.54, 1.807) is 30.3 Å². The van der Waals surface area contributed by atoms with E-state index in [0.29, 0.717) is 21.4 Å². The minimum atomic E-state index is -0.527. The van der Waals surface area contributed by atoms with Gasteiger partial charge in [0, 0.05) is 15.1 Å². The Labute approximate surface area is 157 Å². The summed E-state index contributed by atoms with van der Waals surface area (Å²) in [5.41, 5.74) is 6.00. The standard InChI is InChI=1S/C16H13BrCl2N2O3/c1-9-2-3-10(6-12(9)17)16(23)21-20-15(22)8-24-14-5-4-11(18)7-13(14)19/h2-7H,8H2,1H3,(H,20,22)(H,21,23). The third kappa shape index (κ3) is 5.12. The number of nitrogens with one attached hydrogen (secondary N) is 2. The zero-order valence-electron chi connectivity index (χ0n) is 12.5. The second-order valence-corrected chi connectivity index (χ2v) is 6.53. The number of hydrazine groups is 1. The molecule has 0 aliphatic heterocycles. The third-order valence-corrected chi connectivity index (χ3v) is 4.39. The van der Waals surface area contributed by atoms with Gasteiger partial charge in [-0.1, -0.05) is 45.2 Å². The highest BCUT2D eigenvalue weighted by atomic mass is 79.9. The molecule has 2 amide bonds. The van der Waals surface area contributed by atoms with Crippen molar-refractivity contribution in [1.82, 2.24) is 10.9 Å². The predicted molar refractivity (Wildman–Crippen MR) is 96.4 cm³/mol. The minimum absolute atomic E-state index is 0.295. The van der Waals surface area contributed by atoms with Crippen molar-refractivity contribution < 1.29 is 14.3 Å². The van der Waals surface area contributed by atoms with Crippen LogP contribution in [0.5, 0.6) is 5.75 Å². The molecule has 0 spiro atoms. The van der Waals surface area contributed by atoms with E-state index in [-0.39, 0.29) is 6.61 Å². The molecule has 2 rings (SSSR count). The number of hydrogen-bond donors (Lipinski definition) is 2. The molecule has 0 aliphatic rings. The summed E-state index contributed by atoms with van der Waals surface area (Å²) >= 11 is 15.1. The molecule has 24 heavy (non-hydrogen) atoms. The Morgan fingerprint density at radius 3 is 2.54 bits per heavy atom. The SMILES string of the molecule is Cc1ccc(C(=O)NNC(=O)COc2ccc(Cl)cc2Cl)cc1Br. The van der Waals surface area contributed by atoms with Gasteiger partial charge in [0.05, 0.1) is 5.02 Å². The van der Waals surface area contributed by atoms with Crippen molar-refractivity contribution in [1.29, 1.82) is 0 Å². The Morgan fingerprint density at radius 2 is 1.88 bits per heavy atom. The molecule has 0 heterocycles.